The highest BCUT2D eigenvalue weighted by Crippen LogP contribution is 2.34. The Bertz CT molecular complexity index is 487. The van der Waals surface area contributed by atoms with Crippen LogP contribution in [0.5, 0.6) is 0 Å². The van der Waals surface area contributed by atoms with E-state index in [1.807, 2.05) is 0 Å². The lowest BCUT2D eigenvalue weighted by atomic mass is 10.3. The molecule has 0 bridgehead atoms. The molecule has 0 saturated carbocycles. The molecule has 7 heteroatoms. The molecular formula is C9H4BrClF2N2O. The van der Waals surface area contributed by atoms with Crippen LogP contribution in [-0.4, -0.2) is 5.91 Å². The molecule has 0 aliphatic carbocycles. The molecule has 0 radical (unpaired) electrons. The first-order valence-electron chi connectivity index (χ1n) is 3.97. The zero-order valence-corrected chi connectivity index (χ0v) is 9.99. The van der Waals surface area contributed by atoms with Crippen LogP contribution in [0.2, 0.25) is 5.02 Å². The minimum absolute atomic E-state index is 0.0965. The quantitative estimate of drug-likeness (QED) is 0.673. The first-order chi connectivity index (χ1) is 7.47. The average molecular weight is 309 g/mol. The van der Waals surface area contributed by atoms with E-state index in [4.69, 9.17) is 16.9 Å². The lowest BCUT2D eigenvalue weighted by molar-refractivity contribution is -0.115. The van der Waals surface area contributed by atoms with Crippen molar-refractivity contribution in [2.45, 2.75) is 6.42 Å². The van der Waals surface area contributed by atoms with E-state index in [0.717, 1.165) is 6.07 Å². The molecule has 0 heterocycles. The largest absolute Gasteiger partial charge is 0.323 e. The van der Waals surface area contributed by atoms with Gasteiger partial charge in [0.15, 0.2) is 11.6 Å². The Morgan fingerprint density at radius 2 is 2.25 bits per heavy atom. The molecule has 0 saturated heterocycles. The predicted octanol–water partition coefficient (Wildman–Crippen LogP) is 3.23. The van der Waals surface area contributed by atoms with Gasteiger partial charge in [0, 0.05) is 4.47 Å². The Labute approximate surface area is 103 Å². The molecule has 3 nitrogen and oxygen atoms in total. The molecule has 1 amide bonds. The van der Waals surface area contributed by atoms with Gasteiger partial charge in [-0.25, -0.2) is 8.78 Å². The smallest absolute Gasteiger partial charge is 0.238 e. The highest BCUT2D eigenvalue weighted by molar-refractivity contribution is 9.10. The number of hydrogen-bond donors (Lipinski definition) is 1. The van der Waals surface area contributed by atoms with E-state index in [9.17, 15) is 13.6 Å². The second-order valence-electron chi connectivity index (χ2n) is 2.73. The van der Waals surface area contributed by atoms with Gasteiger partial charge in [0.2, 0.25) is 5.91 Å². The molecule has 1 aromatic carbocycles. The van der Waals surface area contributed by atoms with Crippen LogP contribution in [0, 0.1) is 23.0 Å². The van der Waals surface area contributed by atoms with Gasteiger partial charge in [-0.2, -0.15) is 5.26 Å². The van der Waals surface area contributed by atoms with Crippen LogP contribution in [0.3, 0.4) is 0 Å². The minimum Gasteiger partial charge on any atom is -0.323 e. The van der Waals surface area contributed by atoms with Crippen LogP contribution >= 0.6 is 27.5 Å². The van der Waals surface area contributed by atoms with Crippen molar-refractivity contribution in [2.75, 3.05) is 5.32 Å². The van der Waals surface area contributed by atoms with Gasteiger partial charge >= 0.3 is 0 Å². The second-order valence-corrected chi connectivity index (χ2v) is 3.96. The summed E-state index contributed by atoms with van der Waals surface area (Å²) in [5.41, 5.74) is -0.0965. The highest BCUT2D eigenvalue weighted by Gasteiger charge is 2.17. The van der Waals surface area contributed by atoms with E-state index >= 15 is 0 Å². The number of nitriles is 1. The fourth-order valence-corrected chi connectivity index (χ4v) is 1.79. The first-order valence-corrected chi connectivity index (χ1v) is 5.14. The van der Waals surface area contributed by atoms with Gasteiger partial charge in [0.05, 0.1) is 11.8 Å². The number of rotatable bonds is 2. The van der Waals surface area contributed by atoms with Crippen LogP contribution in [-0.2, 0) is 4.79 Å². The van der Waals surface area contributed by atoms with Crippen LogP contribution in [0.1, 0.15) is 6.42 Å². The minimum atomic E-state index is -1.25. The van der Waals surface area contributed by atoms with Crippen LogP contribution < -0.4 is 5.32 Å². The van der Waals surface area contributed by atoms with Gasteiger partial charge in [-0.05, 0) is 22.0 Å². The summed E-state index contributed by atoms with van der Waals surface area (Å²) in [6.07, 6.45) is -0.401. The summed E-state index contributed by atoms with van der Waals surface area (Å²) in [5.74, 6) is -3.04. The number of nitrogens with one attached hydrogen (secondary N) is 1. The number of carbonyl (C=O) groups is 1. The van der Waals surface area contributed by atoms with Crippen molar-refractivity contribution < 1.29 is 13.6 Å². The topological polar surface area (TPSA) is 52.9 Å². The Morgan fingerprint density at radius 1 is 1.62 bits per heavy atom. The van der Waals surface area contributed by atoms with Crippen molar-refractivity contribution in [3.05, 3.63) is 27.2 Å². The molecule has 0 fully saturated rings. The lowest BCUT2D eigenvalue weighted by Gasteiger charge is -2.09. The summed E-state index contributed by atoms with van der Waals surface area (Å²) in [5, 5.41) is 9.92. The van der Waals surface area contributed by atoms with Crippen molar-refractivity contribution in [2.24, 2.45) is 0 Å². The third-order valence-corrected chi connectivity index (χ3v) is 2.60. The number of anilines is 1. The van der Waals surface area contributed by atoms with E-state index < -0.39 is 29.0 Å². The summed E-state index contributed by atoms with van der Waals surface area (Å²) in [7, 11) is 0. The number of amides is 1. The summed E-state index contributed by atoms with van der Waals surface area (Å²) in [4.78, 5) is 11.1. The number of nitrogens with zero attached hydrogens (tertiary/aromatic N) is 1. The van der Waals surface area contributed by atoms with Crippen LogP contribution in [0.25, 0.3) is 0 Å². The average Bonchev–Trinajstić information content (AvgIpc) is 2.22. The van der Waals surface area contributed by atoms with Crippen molar-refractivity contribution in [1.29, 1.82) is 5.26 Å². The molecule has 0 atom stereocenters. The van der Waals surface area contributed by atoms with Gasteiger partial charge in [-0.15, -0.1) is 0 Å². The SMILES string of the molecule is N#CCC(=O)Nc1c(Br)cc(F)c(F)c1Cl. The standard InChI is InChI=1S/C9H4BrClF2N2O/c10-4-3-5(12)8(13)7(11)9(4)15-6(16)1-2-14/h3H,1H2,(H,15,16). The summed E-state index contributed by atoms with van der Waals surface area (Å²) < 4.78 is 26.0. The molecule has 0 unspecified atom stereocenters. The van der Waals surface area contributed by atoms with Crippen molar-refractivity contribution in [1.82, 2.24) is 0 Å². The van der Waals surface area contributed by atoms with E-state index in [1.54, 1.807) is 6.07 Å². The molecule has 0 aliphatic rings. The Kier molecular flexibility index (Phi) is 4.21. The van der Waals surface area contributed by atoms with Gasteiger partial charge in [-0.3, -0.25) is 4.79 Å². The van der Waals surface area contributed by atoms with E-state index in [0.29, 0.717) is 0 Å². The Hall–Kier alpha value is -1.19. The maximum Gasteiger partial charge on any atom is 0.238 e. The molecule has 0 spiro atoms. The zero-order valence-electron chi connectivity index (χ0n) is 7.65. The Morgan fingerprint density at radius 3 is 2.81 bits per heavy atom. The molecule has 1 N–H and O–H groups in total. The Balaban J connectivity index is 3.11. The van der Waals surface area contributed by atoms with E-state index in [1.165, 1.54) is 0 Å². The molecule has 16 heavy (non-hydrogen) atoms. The molecule has 1 rings (SSSR count). The zero-order chi connectivity index (χ0) is 12.3. The van der Waals surface area contributed by atoms with Crippen LogP contribution in [0.4, 0.5) is 14.5 Å². The normalized spacial score (nSPS) is 9.69. The van der Waals surface area contributed by atoms with Crippen molar-refractivity contribution in [3.63, 3.8) is 0 Å². The summed E-state index contributed by atoms with van der Waals surface area (Å²) >= 11 is 8.43. The number of carbonyl (C=O) groups excluding carboxylic acids is 1. The number of hydrogen-bond acceptors (Lipinski definition) is 2. The number of benzene rings is 1. The van der Waals surface area contributed by atoms with E-state index in [-0.39, 0.29) is 10.2 Å². The van der Waals surface area contributed by atoms with Crippen molar-refractivity contribution in [3.8, 4) is 6.07 Å². The third-order valence-electron chi connectivity index (χ3n) is 1.62. The van der Waals surface area contributed by atoms with Gasteiger partial charge < -0.3 is 5.32 Å². The summed E-state index contributed by atoms with van der Waals surface area (Å²) in [6, 6.07) is 2.45. The molecule has 1 aromatic rings. The fraction of sp³-hybridized carbons (Fsp3) is 0.111. The van der Waals surface area contributed by atoms with Crippen LogP contribution in [0.15, 0.2) is 10.5 Å². The number of halogens is 4. The predicted molar refractivity (Wildman–Crippen MR) is 57.9 cm³/mol. The first kappa shape index (κ1) is 12.9. The third kappa shape index (κ3) is 2.68. The van der Waals surface area contributed by atoms with Gasteiger partial charge in [-0.1, -0.05) is 11.6 Å². The monoisotopic (exact) mass is 308 g/mol. The molecule has 0 aromatic heterocycles. The maximum absolute atomic E-state index is 13.1. The van der Waals surface area contributed by atoms with E-state index in [2.05, 4.69) is 21.2 Å². The fourth-order valence-electron chi connectivity index (χ4n) is 0.936. The van der Waals surface area contributed by atoms with Gasteiger partial charge in [0.1, 0.15) is 11.4 Å². The second kappa shape index (κ2) is 5.23. The lowest BCUT2D eigenvalue weighted by Crippen LogP contribution is -2.11. The molecular weight excluding hydrogens is 305 g/mol. The molecule has 0 aliphatic heterocycles. The van der Waals surface area contributed by atoms with Gasteiger partial charge in [0.25, 0.3) is 0 Å². The van der Waals surface area contributed by atoms with Crippen molar-refractivity contribution >= 4 is 39.1 Å². The highest BCUT2D eigenvalue weighted by atomic mass is 79.9. The maximum atomic E-state index is 13.1. The molecule has 84 valence electrons. The summed E-state index contributed by atoms with van der Waals surface area (Å²) in [6.45, 7) is 0.